The molecule has 1 aromatic carbocycles. The summed E-state index contributed by atoms with van der Waals surface area (Å²) in [7, 11) is 0. The van der Waals surface area contributed by atoms with E-state index in [1.54, 1.807) is 12.1 Å². The fraction of sp³-hybridized carbons (Fsp3) is 0.500. The first-order chi connectivity index (χ1) is 8.47. The molecular weight excluding hydrogens is 248 g/mol. The Kier molecular flexibility index (Phi) is 3.81. The number of benzene rings is 1. The Balaban J connectivity index is 2.10. The third-order valence-corrected chi connectivity index (χ3v) is 3.89. The molecule has 2 rings (SSSR count). The van der Waals surface area contributed by atoms with Crippen molar-refractivity contribution >= 4 is 23.2 Å². The smallest absolute Gasteiger partial charge is 0.223 e. The number of carbonyl (C=O) groups is 1. The Morgan fingerprint density at radius 3 is 2.83 bits per heavy atom. The number of hydrogen-bond acceptors (Lipinski definition) is 2. The highest BCUT2D eigenvalue weighted by Gasteiger charge is 2.31. The zero-order chi connectivity index (χ0) is 13.3. The van der Waals surface area contributed by atoms with Crippen LogP contribution >= 0.6 is 11.6 Å². The molecule has 0 saturated carbocycles. The number of rotatable bonds is 3. The number of nitrogen functional groups attached to an aromatic ring is 1. The summed E-state index contributed by atoms with van der Waals surface area (Å²) in [6.45, 7) is 5.71. The fourth-order valence-corrected chi connectivity index (χ4v) is 2.51. The Morgan fingerprint density at radius 1 is 1.50 bits per heavy atom. The number of amides is 1. The zero-order valence-corrected chi connectivity index (χ0v) is 11.6. The molecule has 1 aliphatic rings. The number of carbonyl (C=O) groups excluding carboxylic acids is 1. The molecule has 2 N–H and O–H groups in total. The number of anilines is 1. The summed E-state index contributed by atoms with van der Waals surface area (Å²) in [5.41, 5.74) is 7.54. The third kappa shape index (κ3) is 2.78. The summed E-state index contributed by atoms with van der Waals surface area (Å²) >= 11 is 5.96. The molecule has 1 heterocycles. The zero-order valence-electron chi connectivity index (χ0n) is 10.8. The molecule has 1 aliphatic heterocycles. The van der Waals surface area contributed by atoms with Crippen molar-refractivity contribution in [1.82, 2.24) is 4.90 Å². The van der Waals surface area contributed by atoms with E-state index in [4.69, 9.17) is 17.3 Å². The quantitative estimate of drug-likeness (QED) is 0.855. The van der Waals surface area contributed by atoms with E-state index in [-0.39, 0.29) is 5.91 Å². The van der Waals surface area contributed by atoms with Gasteiger partial charge in [0.25, 0.3) is 0 Å². The molecule has 1 aromatic rings. The average Bonchev–Trinajstić information content (AvgIpc) is 2.66. The van der Waals surface area contributed by atoms with Gasteiger partial charge in [0.05, 0.1) is 0 Å². The second-order valence-electron chi connectivity index (χ2n) is 5.33. The van der Waals surface area contributed by atoms with Crippen LogP contribution in [0.15, 0.2) is 18.2 Å². The minimum absolute atomic E-state index is 0.216. The third-order valence-electron chi connectivity index (χ3n) is 3.65. The summed E-state index contributed by atoms with van der Waals surface area (Å²) in [5, 5.41) is 0.659. The van der Waals surface area contributed by atoms with Crippen molar-refractivity contribution in [2.24, 2.45) is 11.8 Å². The van der Waals surface area contributed by atoms with Crippen LogP contribution in [0, 0.1) is 11.8 Å². The average molecular weight is 267 g/mol. The highest BCUT2D eigenvalue weighted by atomic mass is 35.5. The summed E-state index contributed by atoms with van der Waals surface area (Å²) in [5.74, 6) is 1.21. The maximum atomic E-state index is 11.9. The molecule has 3 nitrogen and oxygen atoms in total. The first kappa shape index (κ1) is 13.2. The Hall–Kier alpha value is -1.22. The van der Waals surface area contributed by atoms with Crippen molar-refractivity contribution < 1.29 is 4.79 Å². The summed E-state index contributed by atoms with van der Waals surface area (Å²) in [4.78, 5) is 13.8. The van der Waals surface area contributed by atoms with E-state index in [1.165, 1.54) is 0 Å². The van der Waals surface area contributed by atoms with E-state index in [1.807, 2.05) is 11.0 Å². The Labute approximate surface area is 113 Å². The first-order valence-corrected chi connectivity index (χ1v) is 6.67. The van der Waals surface area contributed by atoms with E-state index in [2.05, 4.69) is 13.8 Å². The van der Waals surface area contributed by atoms with E-state index >= 15 is 0 Å². The van der Waals surface area contributed by atoms with Crippen LogP contribution in [-0.4, -0.2) is 17.4 Å². The molecule has 18 heavy (non-hydrogen) atoms. The molecular formula is C14H19ClN2O. The monoisotopic (exact) mass is 266 g/mol. The fourth-order valence-electron chi connectivity index (χ4n) is 2.32. The molecule has 0 spiro atoms. The predicted octanol–water partition coefficient (Wildman–Crippen LogP) is 2.93. The largest absolute Gasteiger partial charge is 0.398 e. The molecule has 1 unspecified atom stereocenters. The second kappa shape index (κ2) is 5.19. The molecule has 4 heteroatoms. The molecule has 1 saturated heterocycles. The van der Waals surface area contributed by atoms with Crippen LogP contribution in [0.4, 0.5) is 5.69 Å². The van der Waals surface area contributed by atoms with Gasteiger partial charge in [0.1, 0.15) is 0 Å². The Morgan fingerprint density at radius 2 is 2.22 bits per heavy atom. The summed E-state index contributed by atoms with van der Waals surface area (Å²) in [6, 6.07) is 5.40. The van der Waals surface area contributed by atoms with E-state index in [9.17, 15) is 4.79 Å². The van der Waals surface area contributed by atoms with Gasteiger partial charge in [-0.05, 0) is 35.6 Å². The molecule has 98 valence electrons. The molecule has 0 aliphatic carbocycles. The van der Waals surface area contributed by atoms with E-state index in [0.29, 0.717) is 35.5 Å². The van der Waals surface area contributed by atoms with Crippen LogP contribution in [0.3, 0.4) is 0 Å². The van der Waals surface area contributed by atoms with Crippen molar-refractivity contribution in [3.63, 3.8) is 0 Å². The van der Waals surface area contributed by atoms with Gasteiger partial charge in [-0.1, -0.05) is 25.4 Å². The number of nitrogens with two attached hydrogens (primary N) is 1. The SMILES string of the molecule is CC(C)C1CC(=O)N(Cc2cc(Cl)ccc2N)C1. The lowest BCUT2D eigenvalue weighted by atomic mass is 9.95. The second-order valence-corrected chi connectivity index (χ2v) is 5.76. The van der Waals surface area contributed by atoms with Gasteiger partial charge < -0.3 is 10.6 Å². The van der Waals surface area contributed by atoms with Crippen LogP contribution in [0.25, 0.3) is 0 Å². The van der Waals surface area contributed by atoms with Crippen molar-refractivity contribution in [1.29, 1.82) is 0 Å². The van der Waals surface area contributed by atoms with Gasteiger partial charge in [0.2, 0.25) is 5.91 Å². The number of likely N-dealkylation sites (tertiary alicyclic amines) is 1. The molecule has 1 fully saturated rings. The highest BCUT2D eigenvalue weighted by molar-refractivity contribution is 6.30. The minimum atomic E-state index is 0.216. The molecule has 0 bridgehead atoms. The van der Waals surface area contributed by atoms with Gasteiger partial charge in [-0.2, -0.15) is 0 Å². The molecule has 0 radical (unpaired) electrons. The van der Waals surface area contributed by atoms with Crippen LogP contribution in [0.1, 0.15) is 25.8 Å². The predicted molar refractivity (Wildman–Crippen MR) is 74.2 cm³/mol. The van der Waals surface area contributed by atoms with Crippen molar-refractivity contribution in [2.45, 2.75) is 26.8 Å². The summed E-state index contributed by atoms with van der Waals surface area (Å²) in [6.07, 6.45) is 0.651. The molecule has 0 aromatic heterocycles. The molecule has 1 amide bonds. The first-order valence-electron chi connectivity index (χ1n) is 6.29. The number of halogens is 1. The normalized spacial score (nSPS) is 19.9. The topological polar surface area (TPSA) is 46.3 Å². The maximum Gasteiger partial charge on any atom is 0.223 e. The van der Waals surface area contributed by atoms with Crippen LogP contribution < -0.4 is 5.73 Å². The van der Waals surface area contributed by atoms with Crippen molar-refractivity contribution in [3.8, 4) is 0 Å². The van der Waals surface area contributed by atoms with Gasteiger partial charge in [-0.3, -0.25) is 4.79 Å². The lowest BCUT2D eigenvalue weighted by Gasteiger charge is -2.19. The lowest BCUT2D eigenvalue weighted by molar-refractivity contribution is -0.128. The van der Waals surface area contributed by atoms with Gasteiger partial charge in [0, 0.05) is 30.2 Å². The maximum absolute atomic E-state index is 11.9. The highest BCUT2D eigenvalue weighted by Crippen LogP contribution is 2.28. The van der Waals surface area contributed by atoms with Gasteiger partial charge in [-0.25, -0.2) is 0 Å². The van der Waals surface area contributed by atoms with Gasteiger partial charge in [0.15, 0.2) is 0 Å². The van der Waals surface area contributed by atoms with E-state index < -0.39 is 0 Å². The van der Waals surface area contributed by atoms with Crippen molar-refractivity contribution in [2.75, 3.05) is 12.3 Å². The van der Waals surface area contributed by atoms with Crippen molar-refractivity contribution in [3.05, 3.63) is 28.8 Å². The standard InChI is InChI=1S/C14H19ClN2O/c1-9(2)10-6-14(18)17(7-10)8-11-5-12(15)3-4-13(11)16/h3-5,9-10H,6-8,16H2,1-2H3. The van der Waals surface area contributed by atoms with E-state index in [0.717, 1.165) is 12.1 Å². The van der Waals surface area contributed by atoms with Crippen LogP contribution in [-0.2, 0) is 11.3 Å². The van der Waals surface area contributed by atoms with Gasteiger partial charge in [-0.15, -0.1) is 0 Å². The minimum Gasteiger partial charge on any atom is -0.398 e. The number of hydrogen-bond donors (Lipinski definition) is 1. The number of nitrogens with zero attached hydrogens (tertiary/aromatic N) is 1. The summed E-state index contributed by atoms with van der Waals surface area (Å²) < 4.78 is 0. The lowest BCUT2D eigenvalue weighted by Crippen LogP contribution is -2.25. The van der Waals surface area contributed by atoms with Crippen LogP contribution in [0.5, 0.6) is 0 Å². The molecule has 1 atom stereocenters. The van der Waals surface area contributed by atoms with Gasteiger partial charge >= 0.3 is 0 Å². The van der Waals surface area contributed by atoms with Crippen LogP contribution in [0.2, 0.25) is 5.02 Å². The Bertz CT molecular complexity index is 459.